The van der Waals surface area contributed by atoms with E-state index in [1.165, 1.54) is 11.8 Å². The van der Waals surface area contributed by atoms with E-state index in [0.717, 1.165) is 36.3 Å². The van der Waals surface area contributed by atoms with Crippen LogP contribution in [0.25, 0.3) is 11.4 Å². The van der Waals surface area contributed by atoms with Crippen LogP contribution in [0, 0.1) is 0 Å². The van der Waals surface area contributed by atoms with Gasteiger partial charge in [-0.3, -0.25) is 4.79 Å². The van der Waals surface area contributed by atoms with E-state index in [2.05, 4.69) is 20.9 Å². The summed E-state index contributed by atoms with van der Waals surface area (Å²) in [7, 11) is 0. The summed E-state index contributed by atoms with van der Waals surface area (Å²) in [5.74, 6) is 1.48. The number of ether oxygens (including phenoxy) is 2. The summed E-state index contributed by atoms with van der Waals surface area (Å²) < 4.78 is 13.1. The van der Waals surface area contributed by atoms with Crippen LogP contribution < -0.4 is 15.5 Å². The largest absolute Gasteiger partial charge is 0.494 e. The molecule has 0 aliphatic carbocycles. The number of rotatable bonds is 7. The van der Waals surface area contributed by atoms with Crippen molar-refractivity contribution in [1.82, 2.24) is 20.2 Å². The second-order valence-electron chi connectivity index (χ2n) is 8.04. The molecule has 2 aromatic carbocycles. The number of hydrogen-bond donors (Lipinski definition) is 2. The number of fused-ring (bicyclic) bond motifs is 1. The summed E-state index contributed by atoms with van der Waals surface area (Å²) in [4.78, 5) is 13.3. The predicted octanol–water partition coefficient (Wildman–Crippen LogP) is 3.40. The lowest BCUT2D eigenvalue weighted by Gasteiger charge is -2.33. The molecule has 2 aliphatic rings. The Morgan fingerprint density at radius 1 is 1.21 bits per heavy atom. The van der Waals surface area contributed by atoms with Crippen LogP contribution in [0.3, 0.4) is 0 Å². The first-order valence-corrected chi connectivity index (χ1v) is 12.2. The minimum atomic E-state index is -0.412. The minimum absolute atomic E-state index is 0.0441. The molecule has 1 saturated heterocycles. The maximum absolute atomic E-state index is 13.3. The number of aromatic nitrogens is 3. The molecule has 172 valence electrons. The highest BCUT2D eigenvalue weighted by molar-refractivity contribution is 8.00. The Morgan fingerprint density at radius 2 is 2.03 bits per heavy atom. The van der Waals surface area contributed by atoms with Crippen LogP contribution in [0.15, 0.2) is 59.8 Å². The first-order chi connectivity index (χ1) is 16.2. The fourth-order valence-electron chi connectivity index (χ4n) is 4.14. The highest BCUT2D eigenvalue weighted by Crippen LogP contribution is 2.39. The lowest BCUT2D eigenvalue weighted by molar-refractivity contribution is -0.121. The second kappa shape index (κ2) is 9.84. The SMILES string of the molecule is CCOc1ccc([C@@H]2Nn3c(nnc3-c3ccccc3)S[C@@H]2C(=O)NC[C@H]2CCCO2)cc1. The molecule has 2 aliphatic heterocycles. The van der Waals surface area contributed by atoms with Gasteiger partial charge < -0.3 is 20.2 Å². The van der Waals surface area contributed by atoms with E-state index < -0.39 is 5.25 Å². The van der Waals surface area contributed by atoms with Crippen molar-refractivity contribution in [3.8, 4) is 17.1 Å². The zero-order valence-electron chi connectivity index (χ0n) is 18.4. The van der Waals surface area contributed by atoms with Gasteiger partial charge in [-0.25, -0.2) is 4.68 Å². The fraction of sp³-hybridized carbons (Fsp3) is 0.375. The van der Waals surface area contributed by atoms with Gasteiger partial charge in [-0.2, -0.15) is 0 Å². The van der Waals surface area contributed by atoms with Gasteiger partial charge >= 0.3 is 0 Å². The molecule has 1 amide bonds. The highest BCUT2D eigenvalue weighted by Gasteiger charge is 2.38. The number of benzene rings is 2. The number of hydrogen-bond acceptors (Lipinski definition) is 7. The van der Waals surface area contributed by atoms with E-state index in [-0.39, 0.29) is 18.1 Å². The Kier molecular flexibility index (Phi) is 6.50. The number of thioether (sulfide) groups is 1. The molecule has 3 aromatic rings. The molecule has 1 aromatic heterocycles. The van der Waals surface area contributed by atoms with E-state index in [1.807, 2.05) is 66.2 Å². The highest BCUT2D eigenvalue weighted by atomic mass is 32.2. The van der Waals surface area contributed by atoms with Crippen LogP contribution >= 0.6 is 11.8 Å². The Hall–Kier alpha value is -3.04. The molecular formula is C24H27N5O3S. The molecule has 0 bridgehead atoms. The van der Waals surface area contributed by atoms with Crippen LogP contribution in [0.1, 0.15) is 31.4 Å². The first kappa shape index (κ1) is 21.8. The zero-order chi connectivity index (χ0) is 22.6. The number of nitrogens with zero attached hydrogens (tertiary/aromatic N) is 3. The smallest absolute Gasteiger partial charge is 0.236 e. The van der Waals surface area contributed by atoms with Crippen molar-refractivity contribution in [2.24, 2.45) is 0 Å². The van der Waals surface area contributed by atoms with Crippen LogP contribution in [0.4, 0.5) is 0 Å². The molecule has 33 heavy (non-hydrogen) atoms. The van der Waals surface area contributed by atoms with Gasteiger partial charge in [0.15, 0.2) is 5.82 Å². The van der Waals surface area contributed by atoms with Gasteiger partial charge in [0.05, 0.1) is 18.8 Å². The Bertz CT molecular complexity index is 1080. The number of carbonyl (C=O) groups is 1. The van der Waals surface area contributed by atoms with Crippen molar-refractivity contribution in [2.75, 3.05) is 25.2 Å². The van der Waals surface area contributed by atoms with Crippen molar-refractivity contribution in [3.05, 3.63) is 60.2 Å². The lowest BCUT2D eigenvalue weighted by atomic mass is 10.0. The topological polar surface area (TPSA) is 90.3 Å². The van der Waals surface area contributed by atoms with E-state index in [4.69, 9.17) is 9.47 Å². The standard InChI is InChI=1S/C24H27N5O3S/c1-2-31-18-12-10-16(11-13-18)20-21(23(30)25-15-19-9-6-14-32-19)33-24-27-26-22(29(24)28-20)17-7-4-3-5-8-17/h3-5,7-8,10-13,19-21,28H,2,6,9,14-15H2,1H3,(H,25,30)/t19-,20+,21+/m1/s1. The summed E-state index contributed by atoms with van der Waals surface area (Å²) >= 11 is 1.42. The van der Waals surface area contributed by atoms with Crippen LogP contribution in [-0.2, 0) is 9.53 Å². The number of carbonyl (C=O) groups excluding carboxylic acids is 1. The van der Waals surface area contributed by atoms with Crippen molar-refractivity contribution >= 4 is 17.7 Å². The van der Waals surface area contributed by atoms with E-state index in [0.29, 0.717) is 24.1 Å². The van der Waals surface area contributed by atoms with Crippen molar-refractivity contribution in [3.63, 3.8) is 0 Å². The van der Waals surface area contributed by atoms with Gasteiger partial charge in [0.2, 0.25) is 11.1 Å². The van der Waals surface area contributed by atoms with Gasteiger partial charge in [-0.15, -0.1) is 10.2 Å². The summed E-state index contributed by atoms with van der Waals surface area (Å²) in [6.45, 7) is 3.85. The summed E-state index contributed by atoms with van der Waals surface area (Å²) in [6, 6.07) is 17.5. The molecule has 3 heterocycles. The molecule has 0 radical (unpaired) electrons. The third-order valence-corrected chi connectivity index (χ3v) is 7.02. The normalized spacial score (nSPS) is 21.8. The molecule has 8 nitrogen and oxygen atoms in total. The average molecular weight is 466 g/mol. The quantitative estimate of drug-likeness (QED) is 0.553. The molecule has 0 spiro atoms. The molecular weight excluding hydrogens is 438 g/mol. The van der Waals surface area contributed by atoms with Crippen molar-refractivity contribution in [1.29, 1.82) is 0 Å². The third kappa shape index (κ3) is 4.69. The molecule has 5 rings (SSSR count). The summed E-state index contributed by atoms with van der Waals surface area (Å²) in [5, 5.41) is 12.1. The van der Waals surface area contributed by atoms with Gasteiger partial charge in [0.1, 0.15) is 11.0 Å². The van der Waals surface area contributed by atoms with Gasteiger partial charge in [0.25, 0.3) is 0 Å². The summed E-state index contributed by atoms with van der Waals surface area (Å²) in [6.07, 6.45) is 2.11. The van der Waals surface area contributed by atoms with Gasteiger partial charge in [-0.05, 0) is 37.5 Å². The lowest BCUT2D eigenvalue weighted by Crippen LogP contribution is -2.45. The third-order valence-electron chi connectivity index (χ3n) is 5.81. The maximum Gasteiger partial charge on any atom is 0.236 e. The number of amides is 1. The van der Waals surface area contributed by atoms with Crippen LogP contribution in [0.5, 0.6) is 5.75 Å². The van der Waals surface area contributed by atoms with Crippen molar-refractivity contribution in [2.45, 2.75) is 42.3 Å². The van der Waals surface area contributed by atoms with Crippen LogP contribution in [-0.4, -0.2) is 51.9 Å². The van der Waals surface area contributed by atoms with E-state index >= 15 is 0 Å². The molecule has 2 N–H and O–H groups in total. The molecule has 9 heteroatoms. The zero-order valence-corrected chi connectivity index (χ0v) is 19.3. The second-order valence-corrected chi connectivity index (χ2v) is 9.14. The Labute approximate surface area is 197 Å². The minimum Gasteiger partial charge on any atom is -0.494 e. The summed E-state index contributed by atoms with van der Waals surface area (Å²) in [5.41, 5.74) is 5.45. The van der Waals surface area contributed by atoms with Gasteiger partial charge in [-0.1, -0.05) is 54.2 Å². The molecule has 1 fully saturated rings. The number of nitrogens with one attached hydrogen (secondary N) is 2. The molecule has 0 unspecified atom stereocenters. The molecule has 0 saturated carbocycles. The average Bonchev–Trinajstić information content (AvgIpc) is 3.53. The fourth-order valence-corrected chi connectivity index (χ4v) is 5.24. The van der Waals surface area contributed by atoms with E-state index in [9.17, 15) is 4.79 Å². The molecule has 3 atom stereocenters. The monoisotopic (exact) mass is 465 g/mol. The predicted molar refractivity (Wildman–Crippen MR) is 127 cm³/mol. The van der Waals surface area contributed by atoms with Crippen LogP contribution in [0.2, 0.25) is 0 Å². The Balaban J connectivity index is 1.43. The maximum atomic E-state index is 13.3. The van der Waals surface area contributed by atoms with Gasteiger partial charge in [0, 0.05) is 18.7 Å². The van der Waals surface area contributed by atoms with E-state index in [1.54, 1.807) is 0 Å². The van der Waals surface area contributed by atoms with Crippen molar-refractivity contribution < 1.29 is 14.3 Å². The Morgan fingerprint density at radius 3 is 2.76 bits per heavy atom. The first-order valence-electron chi connectivity index (χ1n) is 11.3.